The van der Waals surface area contributed by atoms with Gasteiger partial charge >= 0.3 is 0 Å². The molecule has 0 heterocycles. The molecule has 0 aromatic heterocycles. The Labute approximate surface area is 99.5 Å². The van der Waals surface area contributed by atoms with Gasteiger partial charge in [0, 0.05) is 28.6 Å². The third-order valence-electron chi connectivity index (χ3n) is 1.85. The van der Waals surface area contributed by atoms with Crippen LogP contribution in [0.25, 0.3) is 0 Å². The molecule has 0 atom stereocenters. The number of non-ortho nitro benzene ring substituents is 1. The maximum Gasteiger partial charge on any atom is 0.271 e. The summed E-state index contributed by atoms with van der Waals surface area (Å²) in [4.78, 5) is 21.4. The molecular formula is C9H7BrClNO3. The molecule has 80 valence electrons. The van der Waals surface area contributed by atoms with E-state index in [0.29, 0.717) is 4.47 Å². The maximum atomic E-state index is 11.4. The smallest absolute Gasteiger partial charge is 0.271 e. The van der Waals surface area contributed by atoms with Gasteiger partial charge < -0.3 is 0 Å². The molecule has 0 fully saturated rings. The number of rotatable bonds is 3. The number of hydrogen-bond acceptors (Lipinski definition) is 3. The second kappa shape index (κ2) is 4.72. The van der Waals surface area contributed by atoms with E-state index < -0.39 is 4.92 Å². The van der Waals surface area contributed by atoms with Crippen molar-refractivity contribution >= 4 is 39.0 Å². The highest BCUT2D eigenvalue weighted by Crippen LogP contribution is 2.31. The van der Waals surface area contributed by atoms with Gasteiger partial charge in [-0.3, -0.25) is 14.9 Å². The van der Waals surface area contributed by atoms with Gasteiger partial charge in [0.25, 0.3) is 5.69 Å². The van der Waals surface area contributed by atoms with Gasteiger partial charge in [-0.05, 0) is 15.9 Å². The number of nitro benzene ring substituents is 1. The van der Waals surface area contributed by atoms with Gasteiger partial charge in [-0.25, -0.2) is 0 Å². The molecule has 0 amide bonds. The van der Waals surface area contributed by atoms with Gasteiger partial charge in [-0.15, -0.1) is 0 Å². The van der Waals surface area contributed by atoms with Crippen molar-refractivity contribution in [1.29, 1.82) is 0 Å². The molecule has 4 nitrogen and oxygen atoms in total. The second-order valence-corrected chi connectivity index (χ2v) is 4.06. The average molecular weight is 293 g/mol. The fraction of sp³-hybridized carbons (Fsp3) is 0.222. The molecule has 0 unspecified atom stereocenters. The van der Waals surface area contributed by atoms with E-state index in [9.17, 15) is 14.9 Å². The van der Waals surface area contributed by atoms with Crippen LogP contribution < -0.4 is 0 Å². The van der Waals surface area contributed by atoms with E-state index in [1.807, 2.05) is 0 Å². The largest absolute Gasteiger partial charge is 0.294 e. The van der Waals surface area contributed by atoms with Crippen molar-refractivity contribution in [2.75, 3.05) is 0 Å². The van der Waals surface area contributed by atoms with Crippen molar-refractivity contribution in [3.63, 3.8) is 0 Å². The molecule has 0 saturated carbocycles. The van der Waals surface area contributed by atoms with E-state index in [1.54, 1.807) is 6.92 Å². The zero-order valence-corrected chi connectivity index (χ0v) is 10.1. The number of halogens is 2. The molecule has 0 bridgehead atoms. The monoisotopic (exact) mass is 291 g/mol. The second-order valence-electron chi connectivity index (χ2n) is 2.82. The lowest BCUT2D eigenvalue weighted by atomic mass is 10.1. The summed E-state index contributed by atoms with van der Waals surface area (Å²) >= 11 is 8.93. The van der Waals surface area contributed by atoms with Crippen LogP contribution in [0.3, 0.4) is 0 Å². The minimum atomic E-state index is -0.562. The highest BCUT2D eigenvalue weighted by molar-refractivity contribution is 9.10. The summed E-state index contributed by atoms with van der Waals surface area (Å²) in [5.41, 5.74) is 0.0308. The molecule has 1 aromatic carbocycles. The Morgan fingerprint density at radius 2 is 2.20 bits per heavy atom. The minimum Gasteiger partial charge on any atom is -0.294 e. The van der Waals surface area contributed by atoms with Crippen LogP contribution in [0.15, 0.2) is 16.6 Å². The summed E-state index contributed by atoms with van der Waals surface area (Å²) < 4.78 is 0.357. The van der Waals surface area contributed by atoms with E-state index in [-0.39, 0.29) is 28.5 Å². The summed E-state index contributed by atoms with van der Waals surface area (Å²) in [6.45, 7) is 1.67. The third-order valence-corrected chi connectivity index (χ3v) is 3.11. The van der Waals surface area contributed by atoms with Crippen LogP contribution in [0.5, 0.6) is 0 Å². The molecule has 0 radical (unpaired) electrons. The zero-order valence-electron chi connectivity index (χ0n) is 7.79. The molecule has 0 aliphatic heterocycles. The zero-order chi connectivity index (χ0) is 11.6. The average Bonchev–Trinajstić information content (AvgIpc) is 2.20. The number of nitro groups is 1. The Kier molecular flexibility index (Phi) is 3.82. The first kappa shape index (κ1) is 12.1. The Morgan fingerprint density at radius 3 is 2.67 bits per heavy atom. The predicted molar refractivity (Wildman–Crippen MR) is 60.4 cm³/mol. The molecule has 6 heteroatoms. The van der Waals surface area contributed by atoms with E-state index in [2.05, 4.69) is 15.9 Å². The maximum absolute atomic E-state index is 11.4. The van der Waals surface area contributed by atoms with Gasteiger partial charge in [0.15, 0.2) is 5.78 Å². The van der Waals surface area contributed by atoms with E-state index in [0.717, 1.165) is 0 Å². The molecule has 15 heavy (non-hydrogen) atoms. The van der Waals surface area contributed by atoms with Crippen molar-refractivity contribution in [2.45, 2.75) is 13.3 Å². The Balaban J connectivity index is 3.37. The SMILES string of the molecule is CCC(=O)c1cc([N+](=O)[O-])cc(Br)c1Cl. The topological polar surface area (TPSA) is 60.2 Å². The number of benzene rings is 1. The minimum absolute atomic E-state index is 0.150. The van der Waals surface area contributed by atoms with Crippen LogP contribution in [0.1, 0.15) is 23.7 Å². The summed E-state index contributed by atoms with van der Waals surface area (Å²) in [5, 5.41) is 10.8. The molecule has 0 saturated heterocycles. The first-order valence-electron chi connectivity index (χ1n) is 4.14. The Morgan fingerprint density at radius 1 is 1.60 bits per heavy atom. The fourth-order valence-electron chi connectivity index (χ4n) is 1.07. The summed E-state index contributed by atoms with van der Waals surface area (Å²) in [6.07, 6.45) is 0.257. The summed E-state index contributed by atoms with van der Waals surface area (Å²) in [6, 6.07) is 2.47. The lowest BCUT2D eigenvalue weighted by Gasteiger charge is -2.03. The summed E-state index contributed by atoms with van der Waals surface area (Å²) in [7, 11) is 0. The van der Waals surface area contributed by atoms with E-state index >= 15 is 0 Å². The normalized spacial score (nSPS) is 10.1. The van der Waals surface area contributed by atoms with Crippen molar-refractivity contribution < 1.29 is 9.72 Å². The standard InChI is InChI=1S/C9H7BrClNO3/c1-2-8(13)6-3-5(12(14)15)4-7(10)9(6)11/h3-4H,2H2,1H3. The molecule has 0 spiro atoms. The third kappa shape index (κ3) is 2.54. The lowest BCUT2D eigenvalue weighted by molar-refractivity contribution is -0.384. The number of hydrogen-bond donors (Lipinski definition) is 0. The van der Waals surface area contributed by atoms with Crippen LogP contribution in [-0.2, 0) is 0 Å². The van der Waals surface area contributed by atoms with Gasteiger partial charge in [-0.2, -0.15) is 0 Å². The highest BCUT2D eigenvalue weighted by atomic mass is 79.9. The van der Waals surface area contributed by atoms with Crippen LogP contribution in [-0.4, -0.2) is 10.7 Å². The predicted octanol–water partition coefficient (Wildman–Crippen LogP) is 3.60. The lowest BCUT2D eigenvalue weighted by Crippen LogP contribution is -2.00. The van der Waals surface area contributed by atoms with Crippen molar-refractivity contribution in [1.82, 2.24) is 0 Å². The van der Waals surface area contributed by atoms with Crippen molar-refractivity contribution in [3.8, 4) is 0 Å². The Hall–Kier alpha value is -0.940. The van der Waals surface area contributed by atoms with E-state index in [4.69, 9.17) is 11.6 Å². The van der Waals surface area contributed by atoms with E-state index in [1.165, 1.54) is 12.1 Å². The molecular weight excluding hydrogens is 285 g/mol. The van der Waals surface area contributed by atoms with Gasteiger partial charge in [0.05, 0.1) is 9.95 Å². The number of nitrogens with zero attached hydrogens (tertiary/aromatic N) is 1. The number of carbonyl (C=O) groups is 1. The van der Waals surface area contributed by atoms with Crippen LogP contribution in [0.4, 0.5) is 5.69 Å². The molecule has 0 N–H and O–H groups in total. The van der Waals surface area contributed by atoms with Gasteiger partial charge in [0.2, 0.25) is 0 Å². The number of ketones is 1. The molecule has 1 rings (SSSR count). The quantitative estimate of drug-likeness (QED) is 0.486. The number of Topliss-reactive ketones (excluding diaryl/α,β-unsaturated/α-hetero) is 1. The molecule has 0 aliphatic rings. The first-order chi connectivity index (χ1) is 6.97. The van der Waals surface area contributed by atoms with Gasteiger partial charge in [0.1, 0.15) is 0 Å². The molecule has 0 aliphatic carbocycles. The number of carbonyl (C=O) groups excluding carboxylic acids is 1. The van der Waals surface area contributed by atoms with Crippen LogP contribution in [0.2, 0.25) is 5.02 Å². The fourth-order valence-corrected chi connectivity index (χ4v) is 1.74. The van der Waals surface area contributed by atoms with Crippen molar-refractivity contribution in [2.24, 2.45) is 0 Å². The molecule has 1 aromatic rings. The Bertz CT molecular complexity index is 434. The van der Waals surface area contributed by atoms with Gasteiger partial charge in [-0.1, -0.05) is 18.5 Å². The van der Waals surface area contributed by atoms with Crippen LogP contribution >= 0.6 is 27.5 Å². The van der Waals surface area contributed by atoms with Crippen LogP contribution in [0, 0.1) is 10.1 Å². The summed E-state index contributed by atoms with van der Waals surface area (Å²) in [5.74, 6) is -0.218. The van der Waals surface area contributed by atoms with Crippen molar-refractivity contribution in [3.05, 3.63) is 37.3 Å². The first-order valence-corrected chi connectivity index (χ1v) is 5.31. The highest BCUT2D eigenvalue weighted by Gasteiger charge is 2.17.